The monoisotopic (exact) mass is 430 g/mol. The minimum absolute atomic E-state index is 0.0569. The molecule has 0 saturated heterocycles. The molecule has 4 rings (SSSR count). The third-order valence-corrected chi connectivity index (χ3v) is 4.91. The van der Waals surface area contributed by atoms with Crippen LogP contribution in [0.5, 0.6) is 0 Å². The maximum atomic E-state index is 13.4. The smallest absolute Gasteiger partial charge is 0.163 e. The summed E-state index contributed by atoms with van der Waals surface area (Å²) in [4.78, 5) is 13.7. The Morgan fingerprint density at radius 3 is 2.88 bits per heavy atom. The van der Waals surface area contributed by atoms with Gasteiger partial charge in [-0.05, 0) is 30.3 Å². The molecule has 2 aromatic heterocycles. The van der Waals surface area contributed by atoms with E-state index in [0.29, 0.717) is 17.3 Å². The Hall–Kier alpha value is -2.31. The van der Waals surface area contributed by atoms with Gasteiger partial charge in [-0.2, -0.15) is 0 Å². The highest BCUT2D eigenvalue weighted by molar-refractivity contribution is 9.09. The summed E-state index contributed by atoms with van der Waals surface area (Å²) >= 11 is 9.50. The second-order valence-corrected chi connectivity index (χ2v) is 7.41. The number of anilines is 2. The molecule has 0 bridgehead atoms. The fourth-order valence-electron chi connectivity index (χ4n) is 2.73. The molecule has 1 unspecified atom stereocenters. The lowest BCUT2D eigenvalue weighted by Crippen LogP contribution is -2.12. The number of allylic oxidation sites excluding steroid dienone is 1. The third kappa shape index (κ3) is 3.48. The van der Waals surface area contributed by atoms with Gasteiger partial charge in [0, 0.05) is 40.5 Å². The number of hydrogen-bond acceptors (Lipinski definition) is 4. The average Bonchev–Trinajstić information content (AvgIpc) is 2.65. The second-order valence-electron chi connectivity index (χ2n) is 5.83. The molecule has 1 N–H and O–H groups in total. The summed E-state index contributed by atoms with van der Waals surface area (Å²) in [5.41, 5.74) is 3.33. The summed E-state index contributed by atoms with van der Waals surface area (Å²) < 4.78 is 13.4. The molecule has 1 atom stereocenters. The highest BCUT2D eigenvalue weighted by atomic mass is 79.9. The highest BCUT2D eigenvalue weighted by Gasteiger charge is 2.19. The van der Waals surface area contributed by atoms with E-state index in [1.807, 2.05) is 18.2 Å². The Balaban J connectivity index is 1.81. The van der Waals surface area contributed by atoms with E-state index in [4.69, 9.17) is 16.6 Å². The van der Waals surface area contributed by atoms with Gasteiger partial charge in [-0.15, -0.1) is 0 Å². The zero-order chi connectivity index (χ0) is 18.1. The van der Waals surface area contributed by atoms with Crippen LogP contribution in [-0.2, 0) is 6.42 Å². The Morgan fingerprint density at radius 2 is 2.12 bits per heavy atom. The fraction of sp³-hybridized carbons (Fsp3) is 0.105. The van der Waals surface area contributed by atoms with Crippen molar-refractivity contribution in [1.82, 2.24) is 15.0 Å². The van der Waals surface area contributed by atoms with Crippen LogP contribution in [0.2, 0.25) is 5.02 Å². The molecule has 0 aliphatic heterocycles. The normalized spacial score (nSPS) is 15.6. The van der Waals surface area contributed by atoms with E-state index < -0.39 is 5.82 Å². The molecule has 2 heterocycles. The minimum atomic E-state index is -0.458. The number of hydrogen-bond donors (Lipinski definition) is 1. The van der Waals surface area contributed by atoms with Crippen molar-refractivity contribution >= 4 is 45.1 Å². The SMILES string of the molecule is Fc1ccc(Nc2nc(-c3cccnc3)nc3c2C=CC(Br)C3)cc1Cl. The Kier molecular flexibility index (Phi) is 4.70. The molecule has 3 aromatic rings. The fourth-order valence-corrected chi connectivity index (χ4v) is 3.37. The number of aromatic nitrogens is 3. The summed E-state index contributed by atoms with van der Waals surface area (Å²) in [5.74, 6) is 0.773. The van der Waals surface area contributed by atoms with Gasteiger partial charge < -0.3 is 5.32 Å². The van der Waals surface area contributed by atoms with E-state index in [9.17, 15) is 4.39 Å². The maximum Gasteiger partial charge on any atom is 0.163 e. The third-order valence-electron chi connectivity index (χ3n) is 3.99. The molecule has 1 aliphatic carbocycles. The zero-order valence-electron chi connectivity index (χ0n) is 13.5. The number of fused-ring (bicyclic) bond motifs is 1. The molecule has 0 spiro atoms. The van der Waals surface area contributed by atoms with E-state index in [-0.39, 0.29) is 9.85 Å². The molecule has 7 heteroatoms. The quantitative estimate of drug-likeness (QED) is 0.564. The van der Waals surface area contributed by atoms with Crippen molar-refractivity contribution < 1.29 is 4.39 Å². The molecule has 130 valence electrons. The van der Waals surface area contributed by atoms with E-state index in [1.54, 1.807) is 18.5 Å². The number of benzene rings is 1. The van der Waals surface area contributed by atoms with Gasteiger partial charge in [0.25, 0.3) is 0 Å². The number of pyridine rings is 1. The minimum Gasteiger partial charge on any atom is -0.340 e. The van der Waals surface area contributed by atoms with E-state index in [0.717, 1.165) is 23.2 Å². The van der Waals surface area contributed by atoms with E-state index in [1.165, 1.54) is 12.1 Å². The molecule has 0 amide bonds. The van der Waals surface area contributed by atoms with Gasteiger partial charge >= 0.3 is 0 Å². The summed E-state index contributed by atoms with van der Waals surface area (Å²) in [6, 6.07) is 8.24. The maximum absolute atomic E-state index is 13.4. The van der Waals surface area contributed by atoms with Crippen LogP contribution in [0.25, 0.3) is 17.5 Å². The van der Waals surface area contributed by atoms with Gasteiger partial charge in [-0.25, -0.2) is 14.4 Å². The first kappa shape index (κ1) is 17.1. The number of rotatable bonds is 3. The van der Waals surface area contributed by atoms with Crippen LogP contribution in [-0.4, -0.2) is 19.8 Å². The van der Waals surface area contributed by atoms with Gasteiger partial charge in [0.05, 0.1) is 10.7 Å². The van der Waals surface area contributed by atoms with Gasteiger partial charge in [-0.3, -0.25) is 4.98 Å². The molecule has 0 fully saturated rings. The van der Waals surface area contributed by atoms with Crippen molar-refractivity contribution in [3.8, 4) is 11.4 Å². The summed E-state index contributed by atoms with van der Waals surface area (Å²) in [6.45, 7) is 0. The van der Waals surface area contributed by atoms with Crippen LogP contribution >= 0.6 is 27.5 Å². The van der Waals surface area contributed by atoms with Crippen LogP contribution in [0.4, 0.5) is 15.9 Å². The van der Waals surface area contributed by atoms with Crippen LogP contribution in [0.15, 0.2) is 48.8 Å². The molecule has 0 radical (unpaired) electrons. The van der Waals surface area contributed by atoms with Gasteiger partial charge in [-0.1, -0.05) is 39.7 Å². The number of nitrogens with one attached hydrogen (secondary N) is 1. The lowest BCUT2D eigenvalue weighted by molar-refractivity contribution is 0.628. The molecule has 26 heavy (non-hydrogen) atoms. The molecule has 4 nitrogen and oxygen atoms in total. The lowest BCUT2D eigenvalue weighted by Gasteiger charge is -2.19. The van der Waals surface area contributed by atoms with Crippen molar-refractivity contribution in [1.29, 1.82) is 0 Å². The largest absolute Gasteiger partial charge is 0.340 e. The number of alkyl halides is 1. The van der Waals surface area contributed by atoms with Crippen molar-refractivity contribution in [3.05, 3.63) is 70.9 Å². The van der Waals surface area contributed by atoms with Gasteiger partial charge in [0.2, 0.25) is 0 Å². The topological polar surface area (TPSA) is 50.7 Å². The van der Waals surface area contributed by atoms with Crippen molar-refractivity contribution in [2.45, 2.75) is 11.2 Å². The van der Waals surface area contributed by atoms with Crippen LogP contribution in [0.1, 0.15) is 11.3 Å². The molecule has 0 saturated carbocycles. The zero-order valence-corrected chi connectivity index (χ0v) is 15.8. The Morgan fingerprint density at radius 1 is 1.23 bits per heavy atom. The van der Waals surface area contributed by atoms with Gasteiger partial charge in [0.15, 0.2) is 5.82 Å². The molecular formula is C19H13BrClFN4. The predicted molar refractivity (Wildman–Crippen MR) is 105 cm³/mol. The second kappa shape index (κ2) is 7.13. The van der Waals surface area contributed by atoms with E-state index in [2.05, 4.69) is 37.3 Å². The van der Waals surface area contributed by atoms with Crippen LogP contribution < -0.4 is 5.32 Å². The standard InChI is InChI=1S/C19H13BrClFN4/c20-12-3-5-14-17(8-12)25-18(11-2-1-7-23-10-11)26-19(14)24-13-4-6-16(22)15(21)9-13/h1-7,9-10,12H,8H2,(H,24,25,26). The average molecular weight is 432 g/mol. The first-order valence-corrected chi connectivity index (χ1v) is 9.25. The Labute approximate surface area is 163 Å². The van der Waals surface area contributed by atoms with Crippen molar-refractivity contribution in [3.63, 3.8) is 0 Å². The Bertz CT molecular complexity index is 994. The number of halogens is 3. The first-order valence-electron chi connectivity index (χ1n) is 7.96. The van der Waals surface area contributed by atoms with Crippen LogP contribution in [0.3, 0.4) is 0 Å². The summed E-state index contributed by atoms with van der Waals surface area (Å²) in [5, 5.41) is 3.29. The molecule has 1 aliphatic rings. The van der Waals surface area contributed by atoms with Crippen molar-refractivity contribution in [2.24, 2.45) is 0 Å². The first-order chi connectivity index (χ1) is 12.6. The lowest BCUT2D eigenvalue weighted by atomic mass is 10.0. The number of nitrogens with zero attached hydrogens (tertiary/aromatic N) is 3. The molecule has 1 aromatic carbocycles. The predicted octanol–water partition coefficient (Wildman–Crippen LogP) is 5.41. The summed E-state index contributed by atoms with van der Waals surface area (Å²) in [7, 11) is 0. The summed E-state index contributed by atoms with van der Waals surface area (Å²) in [6.07, 6.45) is 8.22. The van der Waals surface area contributed by atoms with Gasteiger partial charge in [0.1, 0.15) is 11.6 Å². The van der Waals surface area contributed by atoms with Crippen molar-refractivity contribution in [2.75, 3.05) is 5.32 Å². The highest BCUT2D eigenvalue weighted by Crippen LogP contribution is 2.31. The van der Waals surface area contributed by atoms with E-state index >= 15 is 0 Å². The van der Waals surface area contributed by atoms with Crippen LogP contribution in [0, 0.1) is 5.82 Å². The molecular weight excluding hydrogens is 419 g/mol.